The summed E-state index contributed by atoms with van der Waals surface area (Å²) in [6.07, 6.45) is 6.13. The van der Waals surface area contributed by atoms with Crippen molar-refractivity contribution < 1.29 is 14.0 Å². The topological polar surface area (TPSA) is 67.5 Å². The molecule has 5 rings (SSSR count). The molecule has 1 aliphatic heterocycles. The number of amides is 2. The first-order valence-electron chi connectivity index (χ1n) is 9.72. The van der Waals surface area contributed by atoms with E-state index in [-0.39, 0.29) is 11.8 Å². The van der Waals surface area contributed by atoms with Crippen LogP contribution in [0, 0.1) is 0 Å². The van der Waals surface area contributed by atoms with Gasteiger partial charge in [-0.1, -0.05) is 12.1 Å². The van der Waals surface area contributed by atoms with E-state index >= 15 is 0 Å². The summed E-state index contributed by atoms with van der Waals surface area (Å²) in [7, 11) is 0. The molecule has 0 bridgehead atoms. The third kappa shape index (κ3) is 3.28. The van der Waals surface area contributed by atoms with Gasteiger partial charge in [0.2, 0.25) is 0 Å². The van der Waals surface area contributed by atoms with Crippen LogP contribution in [0.5, 0.6) is 0 Å². The highest BCUT2D eigenvalue weighted by molar-refractivity contribution is 6.07. The van der Waals surface area contributed by atoms with E-state index in [0.717, 1.165) is 23.4 Å². The molecule has 1 N–H and O–H groups in total. The monoisotopic (exact) mass is 397 g/mol. The number of rotatable bonds is 4. The first-order chi connectivity index (χ1) is 14.7. The summed E-state index contributed by atoms with van der Waals surface area (Å²) < 4.78 is 7.20. The van der Waals surface area contributed by atoms with Gasteiger partial charge in [0.15, 0.2) is 5.76 Å². The normalized spacial score (nSPS) is 12.6. The fraction of sp³-hybridized carbons (Fsp3) is 0.0833. The molecular weight excluding hydrogens is 378 g/mol. The third-order valence-electron chi connectivity index (χ3n) is 5.23. The SMILES string of the molecule is O=C(Nc1ccc2c(c1)N(C(=O)c1ccco1)CC2)c1cccc(-n2cccc2)c1. The zero-order valence-corrected chi connectivity index (χ0v) is 16.1. The van der Waals surface area contributed by atoms with Crippen LogP contribution in [0.1, 0.15) is 26.5 Å². The molecule has 0 aliphatic carbocycles. The Morgan fingerprint density at radius 3 is 2.60 bits per heavy atom. The lowest BCUT2D eigenvalue weighted by Gasteiger charge is -2.17. The molecule has 0 unspecified atom stereocenters. The summed E-state index contributed by atoms with van der Waals surface area (Å²) in [5.74, 6) is -0.0772. The zero-order valence-electron chi connectivity index (χ0n) is 16.1. The van der Waals surface area contributed by atoms with E-state index in [2.05, 4.69) is 5.32 Å². The van der Waals surface area contributed by atoms with Crippen LogP contribution in [0.3, 0.4) is 0 Å². The average Bonchev–Trinajstić information content (AvgIpc) is 3.55. The van der Waals surface area contributed by atoms with Crippen LogP contribution in [0.4, 0.5) is 11.4 Å². The lowest BCUT2D eigenvalue weighted by molar-refractivity contribution is 0.0962. The summed E-state index contributed by atoms with van der Waals surface area (Å²) >= 11 is 0. The van der Waals surface area contributed by atoms with E-state index in [1.807, 2.05) is 65.5 Å². The molecule has 2 aromatic heterocycles. The van der Waals surface area contributed by atoms with E-state index in [9.17, 15) is 9.59 Å². The number of hydrogen-bond acceptors (Lipinski definition) is 3. The molecule has 1 aliphatic rings. The molecule has 30 heavy (non-hydrogen) atoms. The van der Waals surface area contributed by atoms with Gasteiger partial charge in [0.1, 0.15) is 0 Å². The molecule has 0 fully saturated rings. The molecule has 0 spiro atoms. The first-order valence-corrected chi connectivity index (χ1v) is 9.72. The minimum atomic E-state index is -0.203. The lowest BCUT2D eigenvalue weighted by Crippen LogP contribution is -2.28. The highest BCUT2D eigenvalue weighted by atomic mass is 16.3. The Labute approximate surface area is 173 Å². The molecule has 2 aromatic carbocycles. The second kappa shape index (κ2) is 7.40. The Morgan fingerprint density at radius 2 is 1.80 bits per heavy atom. The van der Waals surface area contributed by atoms with Gasteiger partial charge in [-0.3, -0.25) is 9.59 Å². The Hall–Kier alpha value is -4.06. The van der Waals surface area contributed by atoms with Crippen molar-refractivity contribution in [2.45, 2.75) is 6.42 Å². The number of carbonyl (C=O) groups is 2. The summed E-state index contributed by atoms with van der Waals surface area (Å²) in [6, 6.07) is 20.3. The number of anilines is 2. The van der Waals surface area contributed by atoms with Crippen molar-refractivity contribution in [3.05, 3.63) is 102 Å². The minimum absolute atomic E-state index is 0.179. The fourth-order valence-corrected chi connectivity index (χ4v) is 3.72. The number of furan rings is 1. The summed E-state index contributed by atoms with van der Waals surface area (Å²) in [6.45, 7) is 0.588. The van der Waals surface area contributed by atoms with Crippen LogP contribution in [-0.4, -0.2) is 22.9 Å². The highest BCUT2D eigenvalue weighted by Gasteiger charge is 2.27. The van der Waals surface area contributed by atoms with Crippen LogP contribution in [0.25, 0.3) is 5.69 Å². The Kier molecular flexibility index (Phi) is 4.44. The quantitative estimate of drug-likeness (QED) is 0.550. The number of fused-ring (bicyclic) bond motifs is 1. The smallest absolute Gasteiger partial charge is 0.293 e. The summed E-state index contributed by atoms with van der Waals surface area (Å²) in [4.78, 5) is 27.2. The number of nitrogens with zero attached hydrogens (tertiary/aromatic N) is 2. The molecule has 4 aromatic rings. The second-order valence-electron chi connectivity index (χ2n) is 7.12. The number of benzene rings is 2. The van der Waals surface area contributed by atoms with Crippen LogP contribution in [-0.2, 0) is 6.42 Å². The fourth-order valence-electron chi connectivity index (χ4n) is 3.72. The zero-order chi connectivity index (χ0) is 20.5. The minimum Gasteiger partial charge on any atom is -0.459 e. The molecule has 2 amide bonds. The van der Waals surface area contributed by atoms with Crippen molar-refractivity contribution in [1.29, 1.82) is 0 Å². The van der Waals surface area contributed by atoms with Gasteiger partial charge in [0.05, 0.1) is 6.26 Å². The maximum atomic E-state index is 12.8. The predicted octanol–water partition coefficient (Wildman–Crippen LogP) is 4.53. The average molecular weight is 397 g/mol. The first kappa shape index (κ1) is 18.0. The van der Waals surface area contributed by atoms with Crippen molar-refractivity contribution >= 4 is 23.2 Å². The van der Waals surface area contributed by atoms with Crippen molar-refractivity contribution in [3.8, 4) is 5.69 Å². The van der Waals surface area contributed by atoms with Crippen molar-refractivity contribution in [2.24, 2.45) is 0 Å². The number of carbonyl (C=O) groups excluding carboxylic acids is 2. The Balaban J connectivity index is 1.38. The van der Waals surface area contributed by atoms with Crippen LogP contribution >= 0.6 is 0 Å². The standard InChI is InChI=1S/C24H19N3O3/c28-23(18-5-3-6-20(15-18)26-11-1-2-12-26)25-19-9-8-17-10-13-27(21(17)16-19)24(29)22-7-4-14-30-22/h1-9,11-12,14-16H,10,13H2,(H,25,28). The van der Waals surface area contributed by atoms with Crippen LogP contribution in [0.15, 0.2) is 89.8 Å². The molecule has 3 heterocycles. The maximum Gasteiger partial charge on any atom is 0.293 e. The van der Waals surface area contributed by atoms with Gasteiger partial charge >= 0.3 is 0 Å². The van der Waals surface area contributed by atoms with Gasteiger partial charge in [-0.25, -0.2) is 0 Å². The molecule has 6 heteroatoms. The van der Waals surface area contributed by atoms with E-state index in [0.29, 0.717) is 23.6 Å². The molecule has 148 valence electrons. The summed E-state index contributed by atoms with van der Waals surface area (Å²) in [5, 5.41) is 2.95. The van der Waals surface area contributed by atoms with Gasteiger partial charge < -0.3 is 19.2 Å². The van der Waals surface area contributed by atoms with Crippen LogP contribution < -0.4 is 10.2 Å². The lowest BCUT2D eigenvalue weighted by atomic mass is 10.1. The summed E-state index contributed by atoms with van der Waals surface area (Å²) in [5.41, 5.74) is 3.99. The predicted molar refractivity (Wildman–Crippen MR) is 114 cm³/mol. The highest BCUT2D eigenvalue weighted by Crippen LogP contribution is 2.32. The van der Waals surface area contributed by atoms with E-state index in [4.69, 9.17) is 4.42 Å². The van der Waals surface area contributed by atoms with Crippen molar-refractivity contribution in [3.63, 3.8) is 0 Å². The maximum absolute atomic E-state index is 12.8. The van der Waals surface area contributed by atoms with Gasteiger partial charge in [-0.05, 0) is 66.6 Å². The van der Waals surface area contributed by atoms with Gasteiger partial charge in [0, 0.05) is 41.6 Å². The van der Waals surface area contributed by atoms with E-state index in [1.165, 1.54) is 6.26 Å². The molecule has 0 atom stereocenters. The Morgan fingerprint density at radius 1 is 0.933 bits per heavy atom. The van der Waals surface area contributed by atoms with E-state index in [1.54, 1.807) is 23.1 Å². The van der Waals surface area contributed by atoms with E-state index < -0.39 is 0 Å². The van der Waals surface area contributed by atoms with Gasteiger partial charge in [-0.15, -0.1) is 0 Å². The number of hydrogen-bond donors (Lipinski definition) is 1. The molecule has 0 radical (unpaired) electrons. The van der Waals surface area contributed by atoms with Gasteiger partial charge in [-0.2, -0.15) is 0 Å². The number of aromatic nitrogens is 1. The number of nitrogens with one attached hydrogen (secondary N) is 1. The van der Waals surface area contributed by atoms with Crippen LogP contribution in [0.2, 0.25) is 0 Å². The molecule has 0 saturated carbocycles. The second-order valence-corrected chi connectivity index (χ2v) is 7.12. The largest absolute Gasteiger partial charge is 0.459 e. The Bertz CT molecular complexity index is 1210. The van der Waals surface area contributed by atoms with Crippen molar-refractivity contribution in [2.75, 3.05) is 16.8 Å². The van der Waals surface area contributed by atoms with Gasteiger partial charge in [0.25, 0.3) is 11.8 Å². The molecular formula is C24H19N3O3. The third-order valence-corrected chi connectivity index (χ3v) is 5.23. The van der Waals surface area contributed by atoms with Crippen molar-refractivity contribution in [1.82, 2.24) is 4.57 Å². The molecule has 6 nitrogen and oxygen atoms in total. The molecule has 0 saturated heterocycles.